The molecule has 2 aromatic rings. The van der Waals surface area contributed by atoms with Crippen molar-refractivity contribution in [2.75, 3.05) is 59.1 Å². The minimum absolute atomic E-state index is 0.135. The van der Waals surface area contributed by atoms with Crippen LogP contribution in [-0.2, 0) is 26.0 Å². The molecule has 0 bridgehead atoms. The van der Waals surface area contributed by atoms with Crippen molar-refractivity contribution in [1.29, 1.82) is 0 Å². The van der Waals surface area contributed by atoms with Gasteiger partial charge in [-0.1, -0.05) is 19.9 Å². The van der Waals surface area contributed by atoms with E-state index < -0.39 is 22.1 Å². The standard InChI is InChI=1S/C32H44N4O8S/c1-19(2)16-26(32(39)35-12-14-36(15-13-35)45(7,40)41)34-25-11-9-22-23(18-27(25)38)24(33-20(3)37)10-8-21-17-28(42-4)30(43-5)31(44-6)29(21)22/h9,11,17-19,24,26H,8,10,12-16H2,1-7H3,(H,33,37)(H,34,38)/t24-,26-/m1/s1. The summed E-state index contributed by atoms with van der Waals surface area (Å²) in [5, 5.41) is 6.23. The second kappa shape index (κ2) is 14.1. The predicted molar refractivity (Wildman–Crippen MR) is 173 cm³/mol. The Kier molecular flexibility index (Phi) is 10.6. The van der Waals surface area contributed by atoms with Crippen molar-refractivity contribution in [3.8, 4) is 28.4 Å². The molecule has 45 heavy (non-hydrogen) atoms. The maximum atomic E-state index is 13.8. The largest absolute Gasteiger partial charge is 0.493 e. The highest BCUT2D eigenvalue weighted by Gasteiger charge is 2.32. The van der Waals surface area contributed by atoms with E-state index in [0.29, 0.717) is 47.6 Å². The number of nitrogens with one attached hydrogen (secondary N) is 2. The number of hydrogen-bond donors (Lipinski definition) is 2. The highest BCUT2D eigenvalue weighted by atomic mass is 32.2. The minimum Gasteiger partial charge on any atom is -0.493 e. The molecule has 2 amide bonds. The first-order valence-corrected chi connectivity index (χ1v) is 16.9. The summed E-state index contributed by atoms with van der Waals surface area (Å²) in [7, 11) is 1.28. The van der Waals surface area contributed by atoms with Crippen LogP contribution < -0.4 is 30.3 Å². The van der Waals surface area contributed by atoms with E-state index in [2.05, 4.69) is 10.6 Å². The zero-order chi connectivity index (χ0) is 33.1. The molecule has 0 radical (unpaired) electrons. The Balaban J connectivity index is 1.80. The van der Waals surface area contributed by atoms with Gasteiger partial charge >= 0.3 is 0 Å². The number of aryl methyl sites for hydroxylation is 1. The van der Waals surface area contributed by atoms with Gasteiger partial charge < -0.3 is 29.7 Å². The number of rotatable bonds is 10. The van der Waals surface area contributed by atoms with E-state index in [1.807, 2.05) is 26.0 Å². The molecule has 0 spiro atoms. The van der Waals surface area contributed by atoms with Gasteiger partial charge in [-0.3, -0.25) is 14.4 Å². The third kappa shape index (κ3) is 7.52. The van der Waals surface area contributed by atoms with Gasteiger partial charge in [0.05, 0.1) is 39.3 Å². The third-order valence-electron chi connectivity index (χ3n) is 8.27. The number of sulfonamides is 1. The number of ether oxygens (including phenoxy) is 3. The Morgan fingerprint density at radius 3 is 2.22 bits per heavy atom. The Labute approximate surface area is 265 Å². The Morgan fingerprint density at radius 1 is 1.00 bits per heavy atom. The summed E-state index contributed by atoms with van der Waals surface area (Å²) in [6, 6.07) is 5.72. The van der Waals surface area contributed by atoms with Gasteiger partial charge in [0.1, 0.15) is 6.04 Å². The molecule has 1 saturated heterocycles. The van der Waals surface area contributed by atoms with Gasteiger partial charge in [0.15, 0.2) is 11.5 Å². The van der Waals surface area contributed by atoms with E-state index in [-0.39, 0.29) is 55.0 Å². The van der Waals surface area contributed by atoms with Crippen molar-refractivity contribution in [3.05, 3.63) is 45.6 Å². The number of carbonyl (C=O) groups is 2. The maximum absolute atomic E-state index is 13.8. The lowest BCUT2D eigenvalue weighted by molar-refractivity contribution is -0.133. The normalized spacial score (nSPS) is 17.4. The van der Waals surface area contributed by atoms with Gasteiger partial charge in [-0.25, -0.2) is 8.42 Å². The average Bonchev–Trinajstić information content (AvgIpc) is 3.23. The SMILES string of the molecule is COc1cc2c(c(OC)c1OC)-c1ccc(N[C@H](CC(C)C)C(=O)N3CCN(S(C)(=O)=O)CC3)c(=O)cc1[C@H](NC(C)=O)CC2. The van der Waals surface area contributed by atoms with Gasteiger partial charge in [0, 0.05) is 38.7 Å². The van der Waals surface area contributed by atoms with Crippen molar-refractivity contribution in [2.45, 2.75) is 52.1 Å². The van der Waals surface area contributed by atoms with Crippen LogP contribution in [0.4, 0.5) is 5.69 Å². The molecule has 1 fully saturated rings. The third-order valence-corrected chi connectivity index (χ3v) is 9.57. The summed E-state index contributed by atoms with van der Waals surface area (Å²) in [5.74, 6) is 1.08. The molecule has 1 aliphatic heterocycles. The van der Waals surface area contributed by atoms with Crippen LogP contribution in [0.15, 0.2) is 29.1 Å². The molecule has 2 N–H and O–H groups in total. The first kappa shape index (κ1) is 34.0. The summed E-state index contributed by atoms with van der Waals surface area (Å²) >= 11 is 0. The molecule has 246 valence electrons. The van der Waals surface area contributed by atoms with Crippen LogP contribution in [0, 0.1) is 5.92 Å². The molecular formula is C32H44N4O8S. The summed E-state index contributed by atoms with van der Waals surface area (Å²) < 4.78 is 42.4. The van der Waals surface area contributed by atoms with E-state index in [4.69, 9.17) is 14.2 Å². The molecular weight excluding hydrogens is 600 g/mol. The Bertz CT molecular complexity index is 1600. The maximum Gasteiger partial charge on any atom is 0.245 e. The van der Waals surface area contributed by atoms with Gasteiger partial charge in [-0.15, -0.1) is 0 Å². The van der Waals surface area contributed by atoms with Crippen molar-refractivity contribution < 1.29 is 32.2 Å². The Morgan fingerprint density at radius 2 is 1.67 bits per heavy atom. The molecule has 1 heterocycles. The highest BCUT2D eigenvalue weighted by molar-refractivity contribution is 7.88. The second-order valence-electron chi connectivity index (χ2n) is 11.9. The van der Waals surface area contributed by atoms with Crippen LogP contribution in [-0.4, -0.2) is 89.2 Å². The zero-order valence-electron chi connectivity index (χ0n) is 27.1. The molecule has 13 heteroatoms. The first-order valence-electron chi connectivity index (χ1n) is 15.1. The topological polar surface area (TPSA) is 144 Å². The summed E-state index contributed by atoms with van der Waals surface area (Å²) in [5.41, 5.74) is 2.85. The number of carbonyl (C=O) groups excluding carboxylic acids is 2. The van der Waals surface area contributed by atoms with E-state index >= 15 is 0 Å². The molecule has 2 atom stereocenters. The number of amides is 2. The fourth-order valence-corrected chi connectivity index (χ4v) is 6.99. The number of benzene rings is 1. The van der Waals surface area contributed by atoms with Crippen LogP contribution in [0.2, 0.25) is 0 Å². The number of anilines is 1. The van der Waals surface area contributed by atoms with Crippen LogP contribution in [0.3, 0.4) is 0 Å². The minimum atomic E-state index is -3.35. The number of nitrogens with zero attached hydrogens (tertiary/aromatic N) is 2. The lowest BCUT2D eigenvalue weighted by atomic mass is 9.95. The molecule has 0 saturated carbocycles. The first-order chi connectivity index (χ1) is 21.3. The van der Waals surface area contributed by atoms with Gasteiger partial charge in [0.25, 0.3) is 0 Å². The summed E-state index contributed by atoms with van der Waals surface area (Å²) in [4.78, 5) is 41.5. The number of piperazine rings is 1. The lowest BCUT2D eigenvalue weighted by Gasteiger charge is -2.35. The van der Waals surface area contributed by atoms with E-state index in [0.717, 1.165) is 17.4 Å². The average molecular weight is 645 g/mol. The van der Waals surface area contributed by atoms with E-state index in [9.17, 15) is 22.8 Å². The molecule has 0 unspecified atom stereocenters. The van der Waals surface area contributed by atoms with Crippen molar-refractivity contribution in [3.63, 3.8) is 0 Å². The molecule has 0 aromatic heterocycles. The number of hydrogen-bond acceptors (Lipinski definition) is 9. The molecule has 2 aliphatic rings. The van der Waals surface area contributed by atoms with E-state index in [1.165, 1.54) is 24.4 Å². The van der Waals surface area contributed by atoms with Crippen LogP contribution in [0.5, 0.6) is 17.2 Å². The lowest BCUT2D eigenvalue weighted by Crippen LogP contribution is -2.54. The van der Waals surface area contributed by atoms with E-state index in [1.54, 1.807) is 25.2 Å². The molecule has 1 aliphatic carbocycles. The van der Waals surface area contributed by atoms with Crippen LogP contribution in [0.25, 0.3) is 11.1 Å². The van der Waals surface area contributed by atoms with Crippen LogP contribution >= 0.6 is 0 Å². The van der Waals surface area contributed by atoms with Crippen molar-refractivity contribution in [1.82, 2.24) is 14.5 Å². The molecule has 4 rings (SSSR count). The van der Waals surface area contributed by atoms with Crippen molar-refractivity contribution >= 4 is 27.5 Å². The summed E-state index contributed by atoms with van der Waals surface area (Å²) in [6.07, 6.45) is 2.73. The number of methoxy groups -OCH3 is 3. The Hall–Kier alpha value is -3.84. The second-order valence-corrected chi connectivity index (χ2v) is 13.9. The van der Waals surface area contributed by atoms with Gasteiger partial charge in [-0.2, -0.15) is 4.31 Å². The summed E-state index contributed by atoms with van der Waals surface area (Å²) in [6.45, 7) is 6.41. The molecule has 12 nitrogen and oxygen atoms in total. The van der Waals surface area contributed by atoms with Gasteiger partial charge in [-0.05, 0) is 60.1 Å². The van der Waals surface area contributed by atoms with Crippen molar-refractivity contribution in [2.24, 2.45) is 5.92 Å². The quantitative estimate of drug-likeness (QED) is 0.399. The molecule has 2 aromatic carbocycles. The van der Waals surface area contributed by atoms with Crippen LogP contribution in [0.1, 0.15) is 50.8 Å². The van der Waals surface area contributed by atoms with Gasteiger partial charge in [0.2, 0.25) is 33.0 Å². The zero-order valence-corrected chi connectivity index (χ0v) is 27.9. The highest BCUT2D eigenvalue weighted by Crippen LogP contribution is 2.50. The monoisotopic (exact) mass is 644 g/mol. The fourth-order valence-electron chi connectivity index (χ4n) is 6.17. The number of fused-ring (bicyclic) bond motifs is 3. The fraction of sp³-hybridized carbons (Fsp3) is 0.531. The smallest absolute Gasteiger partial charge is 0.245 e. The predicted octanol–water partition coefficient (Wildman–Crippen LogP) is 2.79.